The standard InChI is InChI=1S/C18H22F2N2O3/c1-4-15(14-7-5-6-8-16(14)24-18(19)20)21-17(23)10-9-13-11(2)22-25-12(13)3/h5-8,15,18H,4,9-10H2,1-3H3,(H,21,23). The number of hydrogen-bond donors (Lipinski definition) is 1. The Balaban J connectivity index is 2.03. The zero-order valence-electron chi connectivity index (χ0n) is 14.5. The zero-order chi connectivity index (χ0) is 18.4. The van der Waals surface area contributed by atoms with Gasteiger partial charge in [-0.3, -0.25) is 4.79 Å². The predicted molar refractivity (Wildman–Crippen MR) is 88.5 cm³/mol. The van der Waals surface area contributed by atoms with Crippen LogP contribution in [0.2, 0.25) is 0 Å². The lowest BCUT2D eigenvalue weighted by atomic mass is 10.0. The van der Waals surface area contributed by atoms with Crippen molar-refractivity contribution in [3.05, 3.63) is 46.8 Å². The molecule has 0 radical (unpaired) electrons. The highest BCUT2D eigenvalue weighted by molar-refractivity contribution is 5.77. The average Bonchev–Trinajstić information content (AvgIpc) is 2.89. The first-order valence-electron chi connectivity index (χ1n) is 8.17. The molecule has 0 fully saturated rings. The van der Waals surface area contributed by atoms with Gasteiger partial charge in [0, 0.05) is 17.5 Å². The molecule has 2 rings (SSSR count). The Morgan fingerprint density at radius 2 is 2.04 bits per heavy atom. The van der Waals surface area contributed by atoms with Crippen molar-refractivity contribution < 1.29 is 22.8 Å². The van der Waals surface area contributed by atoms with E-state index in [2.05, 4.69) is 15.2 Å². The maximum atomic E-state index is 12.6. The lowest BCUT2D eigenvalue weighted by Gasteiger charge is -2.20. The molecule has 0 saturated carbocycles. The van der Waals surface area contributed by atoms with Crippen molar-refractivity contribution in [3.8, 4) is 5.75 Å². The van der Waals surface area contributed by atoms with Gasteiger partial charge in [-0.05, 0) is 32.8 Å². The highest BCUT2D eigenvalue weighted by Crippen LogP contribution is 2.28. The second-order valence-corrected chi connectivity index (χ2v) is 5.75. The zero-order valence-corrected chi connectivity index (χ0v) is 14.5. The molecule has 0 bridgehead atoms. The van der Waals surface area contributed by atoms with Crippen molar-refractivity contribution >= 4 is 5.91 Å². The second-order valence-electron chi connectivity index (χ2n) is 5.75. The van der Waals surface area contributed by atoms with Gasteiger partial charge in [-0.1, -0.05) is 30.3 Å². The highest BCUT2D eigenvalue weighted by Gasteiger charge is 2.19. The van der Waals surface area contributed by atoms with E-state index in [1.54, 1.807) is 25.1 Å². The van der Waals surface area contributed by atoms with E-state index in [0.29, 0.717) is 24.2 Å². The van der Waals surface area contributed by atoms with Crippen LogP contribution < -0.4 is 10.1 Å². The van der Waals surface area contributed by atoms with Crippen molar-refractivity contribution in [2.24, 2.45) is 0 Å². The third-order valence-electron chi connectivity index (χ3n) is 4.04. The van der Waals surface area contributed by atoms with Gasteiger partial charge in [0.15, 0.2) is 0 Å². The topological polar surface area (TPSA) is 64.4 Å². The quantitative estimate of drug-likeness (QED) is 0.777. The van der Waals surface area contributed by atoms with Crippen LogP contribution in [0.25, 0.3) is 0 Å². The first-order chi connectivity index (χ1) is 11.9. The molecular weight excluding hydrogens is 330 g/mol. The third-order valence-corrected chi connectivity index (χ3v) is 4.04. The summed E-state index contributed by atoms with van der Waals surface area (Å²) in [6, 6.07) is 6.10. The first-order valence-corrected chi connectivity index (χ1v) is 8.17. The molecule has 1 N–H and O–H groups in total. The van der Waals surface area contributed by atoms with Crippen molar-refractivity contribution in [2.45, 2.75) is 52.7 Å². The van der Waals surface area contributed by atoms with Gasteiger partial charge in [0.05, 0.1) is 11.7 Å². The SMILES string of the molecule is CCC(NC(=O)CCc1c(C)noc1C)c1ccccc1OC(F)F. The maximum absolute atomic E-state index is 12.6. The minimum atomic E-state index is -2.91. The molecule has 0 saturated heterocycles. The van der Waals surface area contributed by atoms with Crippen LogP contribution in [0.5, 0.6) is 5.75 Å². The number of aryl methyl sites for hydroxylation is 2. The van der Waals surface area contributed by atoms with Gasteiger partial charge in [0.25, 0.3) is 0 Å². The van der Waals surface area contributed by atoms with E-state index >= 15 is 0 Å². The summed E-state index contributed by atoms with van der Waals surface area (Å²) in [6.07, 6.45) is 1.33. The molecule has 0 aliphatic heterocycles. The Labute approximate surface area is 145 Å². The molecule has 0 aliphatic rings. The van der Waals surface area contributed by atoms with Gasteiger partial charge < -0.3 is 14.6 Å². The summed E-state index contributed by atoms with van der Waals surface area (Å²) in [7, 11) is 0. The summed E-state index contributed by atoms with van der Waals surface area (Å²) in [5.41, 5.74) is 2.23. The van der Waals surface area contributed by atoms with Crippen LogP contribution in [0.15, 0.2) is 28.8 Å². The highest BCUT2D eigenvalue weighted by atomic mass is 19.3. The summed E-state index contributed by atoms with van der Waals surface area (Å²) in [5, 5.41) is 6.75. The maximum Gasteiger partial charge on any atom is 0.387 e. The number of nitrogens with zero attached hydrogens (tertiary/aromatic N) is 1. The molecule has 1 amide bonds. The van der Waals surface area contributed by atoms with E-state index < -0.39 is 12.7 Å². The number of benzene rings is 1. The van der Waals surface area contributed by atoms with Gasteiger partial charge in [-0.25, -0.2) is 0 Å². The van der Waals surface area contributed by atoms with Crippen LogP contribution in [0, 0.1) is 13.8 Å². The van der Waals surface area contributed by atoms with Crippen molar-refractivity contribution in [1.82, 2.24) is 10.5 Å². The number of para-hydroxylation sites is 1. The number of alkyl halides is 2. The molecule has 1 atom stereocenters. The van der Waals surface area contributed by atoms with Gasteiger partial charge in [0.1, 0.15) is 11.5 Å². The summed E-state index contributed by atoms with van der Waals surface area (Å²) in [5.74, 6) is 0.613. The molecule has 25 heavy (non-hydrogen) atoms. The fourth-order valence-electron chi connectivity index (χ4n) is 2.74. The van der Waals surface area contributed by atoms with E-state index in [1.165, 1.54) is 6.07 Å². The number of carbonyl (C=O) groups excluding carboxylic acids is 1. The second kappa shape index (κ2) is 8.60. The Hall–Kier alpha value is -2.44. The number of amides is 1. The van der Waals surface area contributed by atoms with Gasteiger partial charge >= 0.3 is 6.61 Å². The van der Waals surface area contributed by atoms with Crippen LogP contribution in [-0.2, 0) is 11.2 Å². The van der Waals surface area contributed by atoms with E-state index in [9.17, 15) is 13.6 Å². The fraction of sp³-hybridized carbons (Fsp3) is 0.444. The van der Waals surface area contributed by atoms with E-state index in [1.807, 2.05) is 13.8 Å². The van der Waals surface area contributed by atoms with Crippen molar-refractivity contribution in [2.75, 3.05) is 0 Å². The molecule has 136 valence electrons. The molecule has 1 aromatic heterocycles. The Bertz CT molecular complexity index is 697. The number of ether oxygens (including phenoxy) is 1. The molecule has 1 unspecified atom stereocenters. The van der Waals surface area contributed by atoms with Crippen LogP contribution in [0.3, 0.4) is 0 Å². The van der Waals surface area contributed by atoms with Gasteiger partial charge in [0.2, 0.25) is 5.91 Å². The fourth-order valence-corrected chi connectivity index (χ4v) is 2.74. The van der Waals surface area contributed by atoms with Crippen LogP contribution >= 0.6 is 0 Å². The van der Waals surface area contributed by atoms with Crippen molar-refractivity contribution in [3.63, 3.8) is 0 Å². The molecular formula is C18H22F2N2O3. The number of hydrogen-bond acceptors (Lipinski definition) is 4. The number of halogens is 2. The monoisotopic (exact) mass is 352 g/mol. The predicted octanol–water partition coefficient (Wildman–Crippen LogP) is 4.09. The largest absolute Gasteiger partial charge is 0.434 e. The normalized spacial score (nSPS) is 12.2. The number of nitrogens with one attached hydrogen (secondary N) is 1. The summed E-state index contributed by atoms with van der Waals surface area (Å²) >= 11 is 0. The molecule has 7 heteroatoms. The van der Waals surface area contributed by atoms with E-state index in [-0.39, 0.29) is 18.1 Å². The smallest absolute Gasteiger partial charge is 0.387 e. The summed E-state index contributed by atoms with van der Waals surface area (Å²) in [4.78, 5) is 12.3. The summed E-state index contributed by atoms with van der Waals surface area (Å²) < 4.78 is 34.8. The Morgan fingerprint density at radius 3 is 2.64 bits per heavy atom. The van der Waals surface area contributed by atoms with Gasteiger partial charge in [-0.2, -0.15) is 8.78 Å². The molecule has 1 aromatic carbocycles. The Kier molecular flexibility index (Phi) is 6.50. The van der Waals surface area contributed by atoms with Crippen LogP contribution in [0.1, 0.15) is 48.4 Å². The number of aromatic nitrogens is 1. The average molecular weight is 352 g/mol. The van der Waals surface area contributed by atoms with E-state index in [0.717, 1.165) is 11.3 Å². The minimum absolute atomic E-state index is 0.0790. The third kappa shape index (κ3) is 5.01. The van der Waals surface area contributed by atoms with Crippen LogP contribution in [-0.4, -0.2) is 17.7 Å². The minimum Gasteiger partial charge on any atom is -0.434 e. The molecule has 5 nitrogen and oxygen atoms in total. The van der Waals surface area contributed by atoms with E-state index in [4.69, 9.17) is 4.52 Å². The summed E-state index contributed by atoms with van der Waals surface area (Å²) in [6.45, 7) is 2.60. The van der Waals surface area contributed by atoms with Crippen LogP contribution in [0.4, 0.5) is 8.78 Å². The number of rotatable bonds is 8. The molecule has 0 spiro atoms. The van der Waals surface area contributed by atoms with Gasteiger partial charge in [-0.15, -0.1) is 0 Å². The lowest BCUT2D eigenvalue weighted by molar-refractivity contribution is -0.121. The molecule has 1 heterocycles. The van der Waals surface area contributed by atoms with Crippen molar-refractivity contribution in [1.29, 1.82) is 0 Å². The first kappa shape index (κ1) is 18.9. The molecule has 2 aromatic rings. The Morgan fingerprint density at radius 1 is 1.32 bits per heavy atom. The number of carbonyl (C=O) groups is 1. The lowest BCUT2D eigenvalue weighted by Crippen LogP contribution is -2.29. The molecule has 0 aliphatic carbocycles.